The highest BCUT2D eigenvalue weighted by Crippen LogP contribution is 2.70. The Kier molecular flexibility index (Phi) is 3.32. The third-order valence-electron chi connectivity index (χ3n) is 1.21. The minimum absolute atomic E-state index is 2.67. The predicted octanol–water partition coefficient (Wildman–Crippen LogP) is -0.646. The average molecular weight is 230 g/mol. The number of hydrogen-bond acceptors (Lipinski definition) is 4. The van der Waals surface area contributed by atoms with Crippen molar-refractivity contribution in [1.82, 2.24) is 0 Å². The van der Waals surface area contributed by atoms with Crippen LogP contribution in [-0.2, 0) is 9.13 Å². The van der Waals surface area contributed by atoms with Crippen LogP contribution in [0, 0.1) is 0 Å². The number of rotatable bonds is 4. The van der Waals surface area contributed by atoms with Crippen LogP contribution in [-0.4, -0.2) is 38.2 Å². The topological polar surface area (TPSA) is 140 Å². The Morgan fingerprint density at radius 3 is 1.15 bits per heavy atom. The summed E-state index contributed by atoms with van der Waals surface area (Å²) in [5.41, 5.74) is 0. The second-order valence-corrected chi connectivity index (χ2v) is 5.78. The maximum Gasteiger partial charge on any atom is 0.388 e. The number of hydrogen-bond donors (Lipinski definition) is 4. The lowest BCUT2D eigenvalue weighted by Gasteiger charge is -2.25. The molecular formula is C3H8N2O6P2. The molecule has 76 valence electrons. The first-order chi connectivity index (χ1) is 5.62. The Morgan fingerprint density at radius 2 is 1.15 bits per heavy atom. The highest BCUT2D eigenvalue weighted by Gasteiger charge is 2.60. The summed E-state index contributed by atoms with van der Waals surface area (Å²) < 4.78 is 21.4. The van der Waals surface area contributed by atoms with E-state index < -0.39 is 20.3 Å². The molecule has 8 nitrogen and oxygen atoms in total. The van der Waals surface area contributed by atoms with Crippen molar-refractivity contribution in [2.75, 3.05) is 0 Å². The largest absolute Gasteiger partial charge is 0.388 e. The summed E-state index contributed by atoms with van der Waals surface area (Å²) in [5, 5.41) is -3.18. The third-order valence-corrected chi connectivity index (χ3v) is 4.90. The fourth-order valence-electron chi connectivity index (χ4n) is 0.588. The summed E-state index contributed by atoms with van der Waals surface area (Å²) in [7, 11) is -10.5. The molecule has 0 aromatic heterocycles. The standard InChI is InChI=1S/C3H8N2O6P2/c1-4-3(5-2,12(6,7)8)13(9,10)11/h1-2H2,(H2,6,7,8)(H2,9,10,11). The van der Waals surface area contributed by atoms with Crippen molar-refractivity contribution >= 4 is 28.6 Å². The van der Waals surface area contributed by atoms with Crippen LogP contribution in [0.25, 0.3) is 0 Å². The van der Waals surface area contributed by atoms with Gasteiger partial charge < -0.3 is 19.6 Å². The molecule has 0 aliphatic heterocycles. The highest BCUT2D eigenvalue weighted by molar-refractivity contribution is 7.72. The van der Waals surface area contributed by atoms with Gasteiger partial charge in [-0.2, -0.15) is 0 Å². The van der Waals surface area contributed by atoms with Gasteiger partial charge in [0.25, 0.3) is 0 Å². The monoisotopic (exact) mass is 230 g/mol. The molecule has 0 heterocycles. The maximum absolute atomic E-state index is 10.7. The quantitative estimate of drug-likeness (QED) is 0.373. The fourth-order valence-corrected chi connectivity index (χ4v) is 2.68. The number of aliphatic imine (C=N–C) groups is 2. The molecule has 0 atom stereocenters. The molecule has 0 rings (SSSR count). The van der Waals surface area contributed by atoms with Crippen LogP contribution in [0.3, 0.4) is 0 Å². The van der Waals surface area contributed by atoms with Gasteiger partial charge in [-0.25, -0.2) is 9.98 Å². The molecule has 4 N–H and O–H groups in total. The van der Waals surface area contributed by atoms with E-state index in [9.17, 15) is 9.13 Å². The van der Waals surface area contributed by atoms with Gasteiger partial charge in [-0.05, 0) is 13.4 Å². The molecule has 0 amide bonds. The fraction of sp³-hybridized carbons (Fsp3) is 0.333. The van der Waals surface area contributed by atoms with Gasteiger partial charge in [-0.1, -0.05) is 0 Å². The summed E-state index contributed by atoms with van der Waals surface area (Å²) in [6.45, 7) is 5.34. The summed E-state index contributed by atoms with van der Waals surface area (Å²) in [6.07, 6.45) is 0. The Labute approximate surface area is 73.4 Å². The van der Waals surface area contributed by atoms with E-state index >= 15 is 0 Å². The first kappa shape index (κ1) is 12.6. The van der Waals surface area contributed by atoms with E-state index in [2.05, 4.69) is 23.4 Å². The Balaban J connectivity index is 5.73. The molecule has 0 aliphatic carbocycles. The minimum Gasteiger partial charge on any atom is -0.321 e. The zero-order valence-corrected chi connectivity index (χ0v) is 8.10. The molecule has 0 fully saturated rings. The predicted molar refractivity (Wildman–Crippen MR) is 45.9 cm³/mol. The summed E-state index contributed by atoms with van der Waals surface area (Å²) >= 11 is 0. The van der Waals surface area contributed by atoms with E-state index in [1.54, 1.807) is 0 Å². The van der Waals surface area contributed by atoms with Crippen LogP contribution in [0.1, 0.15) is 0 Å². The minimum atomic E-state index is -5.25. The van der Waals surface area contributed by atoms with E-state index in [-0.39, 0.29) is 0 Å². The molecule has 0 saturated carbocycles. The van der Waals surface area contributed by atoms with Crippen LogP contribution < -0.4 is 0 Å². The van der Waals surface area contributed by atoms with Gasteiger partial charge in [0.1, 0.15) is 0 Å². The molecule has 13 heavy (non-hydrogen) atoms. The highest BCUT2D eigenvalue weighted by atomic mass is 31.2. The second kappa shape index (κ2) is 3.42. The second-order valence-electron chi connectivity index (χ2n) is 2.00. The Bertz CT molecular complexity index is 282. The molecule has 0 unspecified atom stereocenters. The summed E-state index contributed by atoms with van der Waals surface area (Å²) in [5.74, 6) is 0. The van der Waals surface area contributed by atoms with Crippen molar-refractivity contribution in [2.45, 2.75) is 5.15 Å². The van der Waals surface area contributed by atoms with E-state index in [1.165, 1.54) is 0 Å². The van der Waals surface area contributed by atoms with Crippen molar-refractivity contribution < 1.29 is 28.7 Å². The summed E-state index contributed by atoms with van der Waals surface area (Å²) in [4.78, 5) is 39.8. The third kappa shape index (κ3) is 1.94. The van der Waals surface area contributed by atoms with Crippen LogP contribution >= 0.6 is 15.2 Å². The molecule has 0 aromatic carbocycles. The van der Waals surface area contributed by atoms with E-state index in [0.717, 1.165) is 0 Å². The van der Waals surface area contributed by atoms with Crippen molar-refractivity contribution in [2.24, 2.45) is 9.98 Å². The van der Waals surface area contributed by atoms with Crippen LogP contribution in [0.5, 0.6) is 0 Å². The Morgan fingerprint density at radius 1 is 0.923 bits per heavy atom. The van der Waals surface area contributed by atoms with E-state index in [1.807, 2.05) is 0 Å². The lowest BCUT2D eigenvalue weighted by atomic mass is 11.1. The first-order valence-electron chi connectivity index (χ1n) is 2.69. The zero-order chi connectivity index (χ0) is 10.9. The Hall–Kier alpha value is -0.360. The van der Waals surface area contributed by atoms with Gasteiger partial charge in [0, 0.05) is 0 Å². The van der Waals surface area contributed by atoms with Crippen molar-refractivity contribution in [3.8, 4) is 0 Å². The van der Waals surface area contributed by atoms with Gasteiger partial charge in [0.15, 0.2) is 0 Å². The normalized spacial score (nSPS) is 13.8. The van der Waals surface area contributed by atoms with Gasteiger partial charge in [0.05, 0.1) is 0 Å². The van der Waals surface area contributed by atoms with Crippen LogP contribution in [0.4, 0.5) is 0 Å². The average Bonchev–Trinajstić information content (AvgIpc) is 1.84. The van der Waals surface area contributed by atoms with Gasteiger partial charge >= 0.3 is 20.3 Å². The van der Waals surface area contributed by atoms with Crippen molar-refractivity contribution in [1.29, 1.82) is 0 Å². The van der Waals surface area contributed by atoms with Gasteiger partial charge in [0.2, 0.25) is 0 Å². The molecule has 0 radical (unpaired) electrons. The smallest absolute Gasteiger partial charge is 0.321 e. The van der Waals surface area contributed by atoms with Crippen LogP contribution in [0.15, 0.2) is 9.98 Å². The first-order valence-corrected chi connectivity index (χ1v) is 5.92. The van der Waals surface area contributed by atoms with Gasteiger partial charge in [-0.3, -0.25) is 9.13 Å². The molecule has 10 heteroatoms. The summed E-state index contributed by atoms with van der Waals surface area (Å²) in [6, 6.07) is 0. The van der Waals surface area contributed by atoms with E-state index in [0.29, 0.717) is 0 Å². The molecule has 0 saturated heterocycles. The SMILES string of the molecule is C=NC(N=C)(P(=O)(O)O)P(=O)(O)O. The molecular weight excluding hydrogens is 222 g/mol. The molecule has 0 spiro atoms. The van der Waals surface area contributed by atoms with E-state index in [4.69, 9.17) is 19.6 Å². The molecule has 0 aromatic rings. The van der Waals surface area contributed by atoms with Crippen LogP contribution in [0.2, 0.25) is 0 Å². The van der Waals surface area contributed by atoms with Gasteiger partial charge in [-0.15, -0.1) is 0 Å². The lowest BCUT2D eigenvalue weighted by Crippen LogP contribution is -2.23. The van der Waals surface area contributed by atoms with Crippen molar-refractivity contribution in [3.63, 3.8) is 0 Å². The molecule has 0 aliphatic rings. The maximum atomic E-state index is 10.7. The lowest BCUT2D eigenvalue weighted by molar-refractivity contribution is 0.313. The molecule has 0 bridgehead atoms. The zero-order valence-electron chi connectivity index (χ0n) is 6.31. The van der Waals surface area contributed by atoms with Crippen molar-refractivity contribution in [3.05, 3.63) is 0 Å². The number of nitrogens with zero attached hydrogens (tertiary/aromatic N) is 2.